The molecule has 0 saturated carbocycles. The Morgan fingerprint density at radius 3 is 2.42 bits per heavy atom. The number of non-ortho nitro benzene ring substituents is 1. The minimum absolute atomic E-state index is 0. The van der Waals surface area contributed by atoms with Crippen LogP contribution in [0.5, 0.6) is 0 Å². The molecule has 2 rings (SSSR count). The number of aromatic amines is 1. The van der Waals surface area contributed by atoms with E-state index in [1.807, 2.05) is 0 Å². The van der Waals surface area contributed by atoms with E-state index in [9.17, 15) is 10.1 Å². The first kappa shape index (κ1) is 16.1. The molecule has 102 valence electrons. The molecule has 19 heavy (non-hydrogen) atoms. The molecule has 0 atom stereocenters. The van der Waals surface area contributed by atoms with Gasteiger partial charge in [0.1, 0.15) is 5.15 Å². The van der Waals surface area contributed by atoms with Gasteiger partial charge in [-0.3, -0.25) is 10.1 Å². The van der Waals surface area contributed by atoms with Crippen molar-refractivity contribution in [3.63, 3.8) is 0 Å². The minimum Gasteiger partial charge on any atom is -0.323 e. The van der Waals surface area contributed by atoms with Crippen molar-refractivity contribution in [1.29, 1.82) is 0 Å². The molecule has 1 aromatic heterocycles. The van der Waals surface area contributed by atoms with E-state index >= 15 is 0 Å². The molecule has 9 heteroatoms. The van der Waals surface area contributed by atoms with E-state index < -0.39 is 4.92 Å². The zero-order valence-electron chi connectivity index (χ0n) is 9.30. The predicted molar refractivity (Wildman–Crippen MR) is 78.5 cm³/mol. The first-order chi connectivity index (χ1) is 8.56. The van der Waals surface area contributed by atoms with Crippen molar-refractivity contribution in [2.75, 3.05) is 0 Å². The molecule has 0 spiro atoms. The van der Waals surface area contributed by atoms with E-state index in [4.69, 9.17) is 23.2 Å². The number of imidazole rings is 1. The van der Waals surface area contributed by atoms with Gasteiger partial charge in [-0.1, -0.05) is 47.1 Å². The monoisotopic (exact) mass is 339 g/mol. The van der Waals surface area contributed by atoms with E-state index in [0.29, 0.717) is 16.1 Å². The van der Waals surface area contributed by atoms with E-state index in [2.05, 4.69) is 9.97 Å². The number of nitro benzene ring substituents is 1. The van der Waals surface area contributed by atoms with Crippen LogP contribution in [0.15, 0.2) is 29.4 Å². The van der Waals surface area contributed by atoms with Crippen molar-refractivity contribution in [2.45, 2.75) is 10.9 Å². The van der Waals surface area contributed by atoms with E-state index in [1.54, 1.807) is 12.1 Å². The summed E-state index contributed by atoms with van der Waals surface area (Å²) in [6, 6.07) is 6.35. The number of nitro groups is 1. The average molecular weight is 341 g/mol. The summed E-state index contributed by atoms with van der Waals surface area (Å²) >= 11 is 12.8. The number of aromatic nitrogens is 2. The molecular formula is C10H8Cl3N3O2S. The van der Waals surface area contributed by atoms with Crippen molar-refractivity contribution >= 4 is 53.1 Å². The fraction of sp³-hybridized carbons (Fsp3) is 0.100. The second-order valence-corrected chi connectivity index (χ2v) is 5.06. The van der Waals surface area contributed by atoms with Gasteiger partial charge in [-0.05, 0) is 5.56 Å². The van der Waals surface area contributed by atoms with E-state index in [-0.39, 0.29) is 23.2 Å². The molecular weight excluding hydrogens is 333 g/mol. The summed E-state index contributed by atoms with van der Waals surface area (Å²) in [5.41, 5.74) is 1.03. The topological polar surface area (TPSA) is 71.8 Å². The SMILES string of the molecule is Cl.O=[N+]([O-])c1ccc(CSc2nc(Cl)c(Cl)[nH]2)cc1. The number of thioether (sulfide) groups is 1. The van der Waals surface area contributed by atoms with Gasteiger partial charge in [0.05, 0.1) is 4.92 Å². The molecule has 0 unspecified atom stereocenters. The van der Waals surface area contributed by atoms with Crippen molar-refractivity contribution in [1.82, 2.24) is 9.97 Å². The lowest BCUT2D eigenvalue weighted by Crippen LogP contribution is -1.88. The predicted octanol–water partition coefficient (Wildman–Crippen LogP) is 4.34. The fourth-order valence-corrected chi connectivity index (χ4v) is 2.44. The molecule has 0 fully saturated rings. The van der Waals surface area contributed by atoms with Crippen molar-refractivity contribution in [2.24, 2.45) is 0 Å². The maximum atomic E-state index is 10.5. The van der Waals surface area contributed by atoms with Gasteiger partial charge in [0.15, 0.2) is 10.3 Å². The Hall–Kier alpha value is -0.950. The summed E-state index contributed by atoms with van der Waals surface area (Å²) in [4.78, 5) is 16.9. The molecule has 0 aliphatic carbocycles. The fourth-order valence-electron chi connectivity index (χ4n) is 1.25. The molecule has 0 aliphatic rings. The molecule has 1 heterocycles. The van der Waals surface area contributed by atoms with E-state index in [1.165, 1.54) is 23.9 Å². The summed E-state index contributed by atoms with van der Waals surface area (Å²) in [6.07, 6.45) is 0. The van der Waals surface area contributed by atoms with Crippen molar-refractivity contribution in [3.05, 3.63) is 50.2 Å². The first-order valence-electron chi connectivity index (χ1n) is 4.83. The Balaban J connectivity index is 0.00000180. The molecule has 1 N–H and O–H groups in total. The quantitative estimate of drug-likeness (QED) is 0.510. The van der Waals surface area contributed by atoms with Crippen LogP contribution in [-0.4, -0.2) is 14.9 Å². The highest BCUT2D eigenvalue weighted by molar-refractivity contribution is 7.98. The Morgan fingerprint density at radius 1 is 1.32 bits per heavy atom. The van der Waals surface area contributed by atoms with Crippen LogP contribution in [0.1, 0.15) is 5.56 Å². The van der Waals surface area contributed by atoms with Gasteiger partial charge >= 0.3 is 0 Å². The van der Waals surface area contributed by atoms with Crippen LogP contribution in [0, 0.1) is 10.1 Å². The zero-order valence-corrected chi connectivity index (χ0v) is 12.4. The molecule has 0 radical (unpaired) electrons. The molecule has 0 bridgehead atoms. The molecule has 0 saturated heterocycles. The zero-order chi connectivity index (χ0) is 13.1. The van der Waals surface area contributed by atoms with Crippen LogP contribution in [0.4, 0.5) is 5.69 Å². The number of nitrogens with one attached hydrogen (secondary N) is 1. The number of benzene rings is 1. The third-order valence-electron chi connectivity index (χ3n) is 2.12. The van der Waals surface area contributed by atoms with Crippen LogP contribution in [0.25, 0.3) is 0 Å². The second-order valence-electron chi connectivity index (χ2n) is 3.36. The number of rotatable bonds is 4. The van der Waals surface area contributed by atoms with Crippen LogP contribution in [0.3, 0.4) is 0 Å². The van der Waals surface area contributed by atoms with Crippen LogP contribution in [0.2, 0.25) is 10.3 Å². The van der Waals surface area contributed by atoms with Gasteiger partial charge < -0.3 is 4.98 Å². The number of nitrogens with zero attached hydrogens (tertiary/aromatic N) is 2. The third-order valence-corrected chi connectivity index (χ3v) is 3.71. The molecule has 5 nitrogen and oxygen atoms in total. The molecule has 0 aliphatic heterocycles. The molecule has 0 amide bonds. The van der Waals surface area contributed by atoms with Crippen LogP contribution < -0.4 is 0 Å². The summed E-state index contributed by atoms with van der Waals surface area (Å²) in [5, 5.41) is 11.6. The summed E-state index contributed by atoms with van der Waals surface area (Å²) < 4.78 is 0. The molecule has 2 aromatic rings. The molecule has 1 aromatic carbocycles. The largest absolute Gasteiger partial charge is 0.323 e. The Bertz CT molecular complexity index is 554. The number of H-pyrrole nitrogens is 1. The lowest BCUT2D eigenvalue weighted by molar-refractivity contribution is -0.384. The Labute approximate surface area is 129 Å². The highest BCUT2D eigenvalue weighted by Gasteiger charge is 2.07. The smallest absolute Gasteiger partial charge is 0.269 e. The maximum absolute atomic E-state index is 10.5. The van der Waals surface area contributed by atoms with Crippen LogP contribution in [-0.2, 0) is 5.75 Å². The average Bonchev–Trinajstić information content (AvgIpc) is 2.67. The maximum Gasteiger partial charge on any atom is 0.269 e. The second kappa shape index (κ2) is 7.00. The summed E-state index contributed by atoms with van der Waals surface area (Å²) in [5.74, 6) is 0.623. The summed E-state index contributed by atoms with van der Waals surface area (Å²) in [7, 11) is 0. The standard InChI is InChI=1S/C10H7Cl2N3O2S.ClH/c11-8-9(12)14-10(13-8)18-5-6-1-3-7(4-2-6)15(16)17;/h1-4H,5H2,(H,13,14);1H. The lowest BCUT2D eigenvalue weighted by Gasteiger charge is -1.98. The highest BCUT2D eigenvalue weighted by Crippen LogP contribution is 2.26. The Morgan fingerprint density at radius 2 is 1.95 bits per heavy atom. The summed E-state index contributed by atoms with van der Waals surface area (Å²) in [6.45, 7) is 0. The van der Waals surface area contributed by atoms with Crippen molar-refractivity contribution in [3.8, 4) is 0 Å². The van der Waals surface area contributed by atoms with E-state index in [0.717, 1.165) is 5.56 Å². The van der Waals surface area contributed by atoms with Gasteiger partial charge in [0, 0.05) is 17.9 Å². The number of hydrogen-bond donors (Lipinski definition) is 1. The number of halogens is 3. The highest BCUT2D eigenvalue weighted by atomic mass is 35.5. The third kappa shape index (κ3) is 4.28. The van der Waals surface area contributed by atoms with Gasteiger partial charge in [0.25, 0.3) is 5.69 Å². The Kier molecular flexibility index (Phi) is 5.93. The normalized spacial score (nSPS) is 10.0. The minimum atomic E-state index is -0.428. The number of hydrogen-bond acceptors (Lipinski definition) is 4. The van der Waals surface area contributed by atoms with Gasteiger partial charge in [-0.2, -0.15) is 0 Å². The lowest BCUT2D eigenvalue weighted by atomic mass is 10.2. The van der Waals surface area contributed by atoms with Crippen molar-refractivity contribution < 1.29 is 4.92 Å². The van der Waals surface area contributed by atoms with Gasteiger partial charge in [-0.25, -0.2) is 4.98 Å². The van der Waals surface area contributed by atoms with Gasteiger partial charge in [0.2, 0.25) is 0 Å². The first-order valence-corrected chi connectivity index (χ1v) is 6.57. The van der Waals surface area contributed by atoms with Crippen LogP contribution >= 0.6 is 47.4 Å². The van der Waals surface area contributed by atoms with Gasteiger partial charge in [-0.15, -0.1) is 12.4 Å².